The first-order valence-corrected chi connectivity index (χ1v) is 4.05. The predicted octanol–water partition coefficient (Wildman–Crippen LogP) is 1.36. The molecule has 74 valence electrons. The minimum atomic E-state index is -0.508. The minimum Gasteiger partial charge on any atom is -0.428 e. The predicted molar refractivity (Wildman–Crippen MR) is 48.5 cm³/mol. The van der Waals surface area contributed by atoms with E-state index in [4.69, 9.17) is 0 Å². The highest BCUT2D eigenvalue weighted by Crippen LogP contribution is 2.00. The molecule has 1 rings (SSSR count). The Bertz CT molecular complexity index is 318. The molecule has 0 atom stereocenters. The summed E-state index contributed by atoms with van der Waals surface area (Å²) in [5, 5.41) is 0. The summed E-state index contributed by atoms with van der Waals surface area (Å²) in [6, 6.07) is 8.49. The van der Waals surface area contributed by atoms with E-state index in [0.717, 1.165) is 0 Å². The van der Waals surface area contributed by atoms with Gasteiger partial charge in [-0.2, -0.15) is 0 Å². The molecule has 0 bridgehead atoms. The van der Waals surface area contributed by atoms with Crippen molar-refractivity contribution < 1.29 is 19.1 Å². The molecule has 0 spiro atoms. The molecule has 0 unspecified atom stereocenters. The molecule has 0 aliphatic carbocycles. The zero-order valence-corrected chi connectivity index (χ0v) is 7.73. The van der Waals surface area contributed by atoms with Gasteiger partial charge >= 0.3 is 11.9 Å². The number of benzene rings is 1. The van der Waals surface area contributed by atoms with Gasteiger partial charge in [0.2, 0.25) is 6.79 Å². The molecule has 4 heteroatoms. The van der Waals surface area contributed by atoms with Gasteiger partial charge in [-0.15, -0.1) is 0 Å². The maximum Gasteiger partial charge on any atom is 0.340 e. The second kappa shape index (κ2) is 5.01. The highest BCUT2D eigenvalue weighted by molar-refractivity contribution is 5.89. The molecule has 0 radical (unpaired) electrons. The average molecular weight is 194 g/mol. The maximum absolute atomic E-state index is 11.2. The fourth-order valence-corrected chi connectivity index (χ4v) is 0.824. The summed E-state index contributed by atoms with van der Waals surface area (Å²) in [6.45, 7) is 0.902. The normalized spacial score (nSPS) is 9.21. The zero-order valence-electron chi connectivity index (χ0n) is 7.73. The van der Waals surface area contributed by atoms with Gasteiger partial charge in [0.05, 0.1) is 5.56 Å². The third kappa shape index (κ3) is 3.26. The van der Waals surface area contributed by atoms with Crippen molar-refractivity contribution in [1.29, 1.82) is 0 Å². The lowest BCUT2D eigenvalue weighted by molar-refractivity contribution is -0.149. The number of esters is 2. The van der Waals surface area contributed by atoms with Crippen LogP contribution in [-0.4, -0.2) is 18.7 Å². The number of hydrogen-bond donors (Lipinski definition) is 0. The van der Waals surface area contributed by atoms with E-state index in [2.05, 4.69) is 9.47 Å². The molecular formula is C10H10O4. The van der Waals surface area contributed by atoms with Crippen LogP contribution in [0.2, 0.25) is 0 Å². The van der Waals surface area contributed by atoms with E-state index in [1.165, 1.54) is 6.92 Å². The Balaban J connectivity index is 2.40. The van der Waals surface area contributed by atoms with Crippen LogP contribution in [0.1, 0.15) is 17.3 Å². The number of ether oxygens (including phenoxy) is 2. The Morgan fingerprint density at radius 3 is 2.36 bits per heavy atom. The quantitative estimate of drug-likeness (QED) is 0.538. The first-order chi connectivity index (χ1) is 6.70. The SMILES string of the molecule is CC(=O)OCOC(=O)c1ccccc1. The number of rotatable bonds is 3. The third-order valence-electron chi connectivity index (χ3n) is 1.46. The summed E-state index contributed by atoms with van der Waals surface area (Å²) in [5.41, 5.74) is 0.430. The summed E-state index contributed by atoms with van der Waals surface area (Å²) < 4.78 is 9.11. The van der Waals surface area contributed by atoms with Crippen molar-refractivity contribution in [3.63, 3.8) is 0 Å². The Hall–Kier alpha value is -1.84. The maximum atomic E-state index is 11.2. The van der Waals surface area contributed by atoms with Gasteiger partial charge < -0.3 is 9.47 Å². The summed E-state index contributed by atoms with van der Waals surface area (Å²) in [7, 11) is 0. The molecule has 1 aromatic rings. The van der Waals surface area contributed by atoms with Gasteiger partial charge in [-0.05, 0) is 12.1 Å². The van der Waals surface area contributed by atoms with Crippen molar-refractivity contribution in [2.75, 3.05) is 6.79 Å². The van der Waals surface area contributed by atoms with E-state index in [1.54, 1.807) is 30.3 Å². The van der Waals surface area contributed by atoms with E-state index in [-0.39, 0.29) is 6.79 Å². The third-order valence-corrected chi connectivity index (χ3v) is 1.46. The molecule has 0 aromatic heterocycles. The first-order valence-electron chi connectivity index (χ1n) is 4.05. The molecule has 14 heavy (non-hydrogen) atoms. The Labute approximate surface area is 81.4 Å². The lowest BCUT2D eigenvalue weighted by atomic mass is 10.2. The summed E-state index contributed by atoms with van der Waals surface area (Å²) >= 11 is 0. The molecule has 0 saturated heterocycles. The fourth-order valence-electron chi connectivity index (χ4n) is 0.824. The standard InChI is InChI=1S/C10H10O4/c1-8(11)13-7-14-10(12)9-5-3-2-4-6-9/h2-6H,7H2,1H3. The van der Waals surface area contributed by atoms with Crippen LogP contribution in [0.15, 0.2) is 30.3 Å². The van der Waals surface area contributed by atoms with E-state index in [1.807, 2.05) is 0 Å². The number of hydrogen-bond acceptors (Lipinski definition) is 4. The topological polar surface area (TPSA) is 52.6 Å². The summed E-state index contributed by atoms with van der Waals surface area (Å²) in [4.78, 5) is 21.6. The van der Waals surface area contributed by atoms with Crippen molar-refractivity contribution in [2.45, 2.75) is 6.92 Å². The molecule has 0 saturated carbocycles. The molecule has 0 fully saturated rings. The lowest BCUT2D eigenvalue weighted by Gasteiger charge is -2.03. The van der Waals surface area contributed by atoms with E-state index < -0.39 is 11.9 Å². The lowest BCUT2D eigenvalue weighted by Crippen LogP contribution is -2.10. The van der Waals surface area contributed by atoms with Crippen molar-refractivity contribution in [2.24, 2.45) is 0 Å². The van der Waals surface area contributed by atoms with E-state index >= 15 is 0 Å². The van der Waals surface area contributed by atoms with Crippen LogP contribution in [0.3, 0.4) is 0 Å². The van der Waals surface area contributed by atoms with Gasteiger partial charge in [-0.1, -0.05) is 18.2 Å². The Morgan fingerprint density at radius 2 is 1.79 bits per heavy atom. The second-order valence-corrected chi connectivity index (χ2v) is 2.55. The fraction of sp³-hybridized carbons (Fsp3) is 0.200. The summed E-state index contributed by atoms with van der Waals surface area (Å²) in [5.74, 6) is -0.988. The van der Waals surface area contributed by atoms with Crippen molar-refractivity contribution in [3.05, 3.63) is 35.9 Å². The molecule has 4 nitrogen and oxygen atoms in total. The van der Waals surface area contributed by atoms with E-state index in [9.17, 15) is 9.59 Å². The van der Waals surface area contributed by atoms with Gasteiger partial charge in [-0.25, -0.2) is 4.79 Å². The second-order valence-electron chi connectivity index (χ2n) is 2.55. The zero-order chi connectivity index (χ0) is 10.4. The molecule has 1 aromatic carbocycles. The van der Waals surface area contributed by atoms with Gasteiger partial charge in [0.15, 0.2) is 0 Å². The molecule has 0 aliphatic heterocycles. The smallest absolute Gasteiger partial charge is 0.340 e. The Kier molecular flexibility index (Phi) is 3.67. The van der Waals surface area contributed by atoms with E-state index in [0.29, 0.717) is 5.56 Å². The van der Waals surface area contributed by atoms with Crippen molar-refractivity contribution in [1.82, 2.24) is 0 Å². The largest absolute Gasteiger partial charge is 0.428 e. The highest BCUT2D eigenvalue weighted by Gasteiger charge is 2.05. The molecular weight excluding hydrogens is 184 g/mol. The van der Waals surface area contributed by atoms with Crippen LogP contribution in [0.25, 0.3) is 0 Å². The van der Waals surface area contributed by atoms with Crippen LogP contribution in [0, 0.1) is 0 Å². The van der Waals surface area contributed by atoms with Crippen LogP contribution in [0.5, 0.6) is 0 Å². The van der Waals surface area contributed by atoms with Crippen LogP contribution in [0.4, 0.5) is 0 Å². The molecule has 0 N–H and O–H groups in total. The van der Waals surface area contributed by atoms with Crippen LogP contribution in [-0.2, 0) is 14.3 Å². The number of carbonyl (C=O) groups is 2. The monoisotopic (exact) mass is 194 g/mol. The minimum absolute atomic E-state index is 0.344. The first kappa shape index (κ1) is 10.2. The molecule has 0 amide bonds. The van der Waals surface area contributed by atoms with Gasteiger partial charge in [-0.3, -0.25) is 4.79 Å². The average Bonchev–Trinajstić information content (AvgIpc) is 2.18. The Morgan fingerprint density at radius 1 is 1.14 bits per heavy atom. The number of carbonyl (C=O) groups excluding carboxylic acids is 2. The van der Waals surface area contributed by atoms with Gasteiger partial charge in [0.1, 0.15) is 0 Å². The van der Waals surface area contributed by atoms with Crippen LogP contribution >= 0.6 is 0 Å². The van der Waals surface area contributed by atoms with Crippen molar-refractivity contribution in [3.8, 4) is 0 Å². The van der Waals surface area contributed by atoms with Crippen molar-refractivity contribution >= 4 is 11.9 Å². The summed E-state index contributed by atoms with van der Waals surface area (Å²) in [6.07, 6.45) is 0. The van der Waals surface area contributed by atoms with Gasteiger partial charge in [0.25, 0.3) is 0 Å². The molecule has 0 aliphatic rings. The van der Waals surface area contributed by atoms with Gasteiger partial charge in [0, 0.05) is 6.92 Å². The van der Waals surface area contributed by atoms with Crippen LogP contribution < -0.4 is 0 Å². The molecule has 0 heterocycles. The highest BCUT2D eigenvalue weighted by atomic mass is 16.7.